The van der Waals surface area contributed by atoms with Gasteiger partial charge >= 0.3 is 0 Å². The van der Waals surface area contributed by atoms with Crippen molar-refractivity contribution in [1.82, 2.24) is 4.98 Å². The topological polar surface area (TPSA) is 73.0 Å². The molecule has 0 amide bonds. The van der Waals surface area contributed by atoms with E-state index in [0.29, 0.717) is 0 Å². The van der Waals surface area contributed by atoms with Crippen molar-refractivity contribution < 1.29 is 13.0 Å². The molecule has 1 heterocycles. The molecule has 0 aromatic carbocycles. The molecule has 4 nitrogen and oxygen atoms in total. The first-order chi connectivity index (χ1) is 4.11. The standard InChI is InChI=1S/C4H5NO3S.CH4/c6-9(7,8)4-1-2-5-3-4;/h1-3,5H,(H,6,7,8);1H4/p-1. The first kappa shape index (κ1) is 9.19. The van der Waals surface area contributed by atoms with Crippen LogP contribution in [0.2, 0.25) is 0 Å². The third-order valence-corrected chi connectivity index (χ3v) is 1.69. The van der Waals surface area contributed by atoms with E-state index in [4.69, 9.17) is 0 Å². The lowest BCUT2D eigenvalue weighted by molar-refractivity contribution is 0.463. The van der Waals surface area contributed by atoms with E-state index >= 15 is 0 Å². The lowest BCUT2D eigenvalue weighted by Gasteiger charge is -2.00. The first-order valence-corrected chi connectivity index (χ1v) is 3.60. The molecule has 1 aromatic rings. The van der Waals surface area contributed by atoms with Crippen LogP contribution in [0.4, 0.5) is 0 Å². The van der Waals surface area contributed by atoms with Gasteiger partial charge in [-0.1, -0.05) is 7.43 Å². The molecule has 0 aliphatic rings. The van der Waals surface area contributed by atoms with Crippen LogP contribution in [0.3, 0.4) is 0 Å². The Labute approximate surface area is 59.6 Å². The number of nitrogens with one attached hydrogen (secondary N) is 1. The summed E-state index contributed by atoms with van der Waals surface area (Å²) in [6, 6.07) is 1.21. The zero-order valence-electron chi connectivity index (χ0n) is 4.37. The zero-order valence-corrected chi connectivity index (χ0v) is 5.18. The first-order valence-electron chi connectivity index (χ1n) is 2.19. The lowest BCUT2D eigenvalue weighted by atomic mass is 10.7. The molecule has 0 aliphatic heterocycles. The lowest BCUT2D eigenvalue weighted by Crippen LogP contribution is -1.95. The summed E-state index contributed by atoms with van der Waals surface area (Å²) in [5.41, 5.74) is 0. The Balaban J connectivity index is 0.000000810. The Morgan fingerprint density at radius 2 is 2.10 bits per heavy atom. The summed E-state index contributed by atoms with van der Waals surface area (Å²) in [5, 5.41) is 0. The third kappa shape index (κ3) is 1.85. The van der Waals surface area contributed by atoms with Crippen LogP contribution < -0.4 is 0 Å². The van der Waals surface area contributed by atoms with Gasteiger partial charge in [0.25, 0.3) is 0 Å². The second-order valence-electron chi connectivity index (χ2n) is 1.50. The van der Waals surface area contributed by atoms with E-state index in [1.807, 2.05) is 0 Å². The highest BCUT2D eigenvalue weighted by atomic mass is 32.2. The predicted octanol–water partition coefficient (Wildman–Crippen LogP) is 0.555. The number of H-pyrrole nitrogens is 1. The number of rotatable bonds is 1. The van der Waals surface area contributed by atoms with Crippen molar-refractivity contribution >= 4 is 10.1 Å². The fourth-order valence-electron chi connectivity index (χ4n) is 0.464. The van der Waals surface area contributed by atoms with E-state index in [0.717, 1.165) is 6.20 Å². The van der Waals surface area contributed by atoms with Crippen molar-refractivity contribution in [2.45, 2.75) is 12.3 Å². The van der Waals surface area contributed by atoms with E-state index in [-0.39, 0.29) is 12.3 Å². The van der Waals surface area contributed by atoms with Gasteiger partial charge in [0.05, 0.1) is 4.90 Å². The van der Waals surface area contributed by atoms with Crippen LogP contribution >= 0.6 is 0 Å². The molecular weight excluding hydrogens is 154 g/mol. The molecule has 1 N–H and O–H groups in total. The quantitative estimate of drug-likeness (QED) is 0.613. The normalized spacial score (nSPS) is 10.5. The van der Waals surface area contributed by atoms with Crippen molar-refractivity contribution in [3.8, 4) is 0 Å². The fraction of sp³-hybridized carbons (Fsp3) is 0.200. The SMILES string of the molecule is C.O=S(=O)([O-])c1cc[nH]c1. The summed E-state index contributed by atoms with van der Waals surface area (Å²) in [6.07, 6.45) is 2.52. The van der Waals surface area contributed by atoms with Crippen molar-refractivity contribution in [3.05, 3.63) is 18.5 Å². The highest BCUT2D eigenvalue weighted by molar-refractivity contribution is 7.85. The molecule has 0 radical (unpaired) electrons. The number of aromatic nitrogens is 1. The molecular formula is C5H8NO3S-. The Morgan fingerprint density at radius 1 is 1.50 bits per heavy atom. The summed E-state index contributed by atoms with van der Waals surface area (Å²) in [5.74, 6) is 0. The maximum absolute atomic E-state index is 10.1. The summed E-state index contributed by atoms with van der Waals surface area (Å²) < 4.78 is 30.4. The fourth-order valence-corrected chi connectivity index (χ4v) is 0.911. The molecule has 0 saturated heterocycles. The van der Waals surface area contributed by atoms with Gasteiger partial charge in [-0.2, -0.15) is 0 Å². The molecule has 5 heteroatoms. The van der Waals surface area contributed by atoms with Gasteiger partial charge in [-0.05, 0) is 6.07 Å². The van der Waals surface area contributed by atoms with Crippen LogP contribution in [0.1, 0.15) is 7.43 Å². The van der Waals surface area contributed by atoms with Crippen molar-refractivity contribution in [2.75, 3.05) is 0 Å². The Morgan fingerprint density at radius 3 is 2.30 bits per heavy atom. The number of aromatic amines is 1. The van der Waals surface area contributed by atoms with Gasteiger partial charge in [-0.25, -0.2) is 8.42 Å². The van der Waals surface area contributed by atoms with Gasteiger partial charge in [-0.3, -0.25) is 0 Å². The summed E-state index contributed by atoms with van der Waals surface area (Å²) in [4.78, 5) is 2.24. The maximum Gasteiger partial charge on any atom is 0.125 e. The van der Waals surface area contributed by atoms with Gasteiger partial charge in [0.2, 0.25) is 0 Å². The van der Waals surface area contributed by atoms with Crippen molar-refractivity contribution in [3.63, 3.8) is 0 Å². The van der Waals surface area contributed by atoms with E-state index in [1.54, 1.807) is 0 Å². The Kier molecular flexibility index (Phi) is 2.62. The largest absolute Gasteiger partial charge is 0.744 e. The molecule has 0 fully saturated rings. The highest BCUT2D eigenvalue weighted by Gasteiger charge is 1.97. The second kappa shape index (κ2) is 2.85. The molecule has 1 aromatic heterocycles. The van der Waals surface area contributed by atoms with Gasteiger partial charge in [-0.15, -0.1) is 0 Å². The number of hydrogen-bond donors (Lipinski definition) is 1. The molecule has 58 valence electrons. The molecule has 0 spiro atoms. The van der Waals surface area contributed by atoms with Crippen LogP contribution in [0.25, 0.3) is 0 Å². The van der Waals surface area contributed by atoms with E-state index in [9.17, 15) is 13.0 Å². The van der Waals surface area contributed by atoms with Gasteiger partial charge in [0.15, 0.2) is 0 Å². The van der Waals surface area contributed by atoms with Crippen LogP contribution in [-0.4, -0.2) is 18.0 Å². The average molecular weight is 162 g/mol. The molecule has 1 rings (SSSR count). The zero-order chi connectivity index (χ0) is 6.91. The summed E-state index contributed by atoms with van der Waals surface area (Å²) in [7, 11) is -4.24. The molecule has 0 atom stereocenters. The van der Waals surface area contributed by atoms with Crippen LogP contribution in [0, 0.1) is 0 Å². The van der Waals surface area contributed by atoms with E-state index in [1.165, 1.54) is 12.3 Å². The monoisotopic (exact) mass is 162 g/mol. The second-order valence-corrected chi connectivity index (χ2v) is 2.88. The van der Waals surface area contributed by atoms with Crippen LogP contribution in [-0.2, 0) is 10.1 Å². The van der Waals surface area contributed by atoms with Gasteiger partial charge in [0, 0.05) is 12.4 Å². The van der Waals surface area contributed by atoms with Crippen LogP contribution in [0.15, 0.2) is 23.4 Å². The maximum atomic E-state index is 10.1. The molecule has 0 unspecified atom stereocenters. The van der Waals surface area contributed by atoms with E-state index < -0.39 is 10.1 Å². The Bertz CT molecular complexity index is 274. The van der Waals surface area contributed by atoms with Crippen molar-refractivity contribution in [1.29, 1.82) is 0 Å². The molecule has 10 heavy (non-hydrogen) atoms. The van der Waals surface area contributed by atoms with Crippen molar-refractivity contribution in [2.24, 2.45) is 0 Å². The smallest absolute Gasteiger partial charge is 0.125 e. The minimum absolute atomic E-state index is 0. The molecule has 0 saturated carbocycles. The Hall–Kier alpha value is -0.810. The van der Waals surface area contributed by atoms with Gasteiger partial charge in [0.1, 0.15) is 10.1 Å². The predicted molar refractivity (Wildman–Crippen MR) is 35.5 cm³/mol. The summed E-state index contributed by atoms with van der Waals surface area (Å²) >= 11 is 0. The minimum atomic E-state index is -4.24. The number of hydrogen-bond acceptors (Lipinski definition) is 3. The summed E-state index contributed by atoms with van der Waals surface area (Å²) in [6.45, 7) is 0. The third-order valence-electron chi connectivity index (χ3n) is 0.858. The molecule has 0 aliphatic carbocycles. The highest BCUT2D eigenvalue weighted by Crippen LogP contribution is 2.03. The van der Waals surface area contributed by atoms with Crippen LogP contribution in [0.5, 0.6) is 0 Å². The molecule has 0 bridgehead atoms. The van der Waals surface area contributed by atoms with Gasteiger partial charge < -0.3 is 9.54 Å². The average Bonchev–Trinajstić information content (AvgIpc) is 2.08. The minimum Gasteiger partial charge on any atom is -0.744 e. The van der Waals surface area contributed by atoms with E-state index in [2.05, 4.69) is 4.98 Å².